The molecule has 2 fully saturated rings. The number of thiazole rings is 1. The summed E-state index contributed by atoms with van der Waals surface area (Å²) in [5.41, 5.74) is 7.74. The zero-order chi connectivity index (χ0) is 27.2. The van der Waals surface area contributed by atoms with Gasteiger partial charge in [0.15, 0.2) is 17.1 Å². The number of fused-ring (bicyclic) bond motifs is 3. The second-order valence-electron chi connectivity index (χ2n) is 9.97. The fraction of sp³-hybridized carbons (Fsp3) is 0.385. The molecule has 40 heavy (non-hydrogen) atoms. The van der Waals surface area contributed by atoms with Gasteiger partial charge in [-0.15, -0.1) is 5.10 Å². The molecule has 0 saturated carbocycles. The van der Waals surface area contributed by atoms with Crippen molar-refractivity contribution < 1.29 is 13.5 Å². The lowest BCUT2D eigenvalue weighted by Crippen LogP contribution is -2.47. The van der Waals surface area contributed by atoms with Gasteiger partial charge < -0.3 is 25.1 Å². The Morgan fingerprint density at radius 3 is 2.77 bits per heavy atom. The molecule has 0 aliphatic carbocycles. The molecule has 4 aromatic heterocycles. The van der Waals surface area contributed by atoms with Crippen LogP contribution in [0.2, 0.25) is 0 Å². The van der Waals surface area contributed by atoms with Crippen molar-refractivity contribution >= 4 is 39.0 Å². The minimum absolute atomic E-state index is 0.0925. The summed E-state index contributed by atoms with van der Waals surface area (Å²) in [6.07, 6.45) is 2.57. The molecular weight excluding hydrogens is 537 g/mol. The number of halogens is 1. The van der Waals surface area contributed by atoms with Gasteiger partial charge in [-0.1, -0.05) is 11.3 Å². The number of nitrogen functional groups attached to an aromatic ring is 1. The van der Waals surface area contributed by atoms with Crippen molar-refractivity contribution in [2.45, 2.75) is 19.1 Å². The van der Waals surface area contributed by atoms with Crippen molar-refractivity contribution in [2.75, 3.05) is 56.4 Å². The molecule has 0 radical (unpaired) electrons. The molecule has 2 aliphatic rings. The highest BCUT2D eigenvalue weighted by Gasteiger charge is 2.23. The van der Waals surface area contributed by atoms with Crippen LogP contribution in [0.15, 0.2) is 45.8 Å². The third kappa shape index (κ3) is 4.57. The van der Waals surface area contributed by atoms with Gasteiger partial charge in [-0.2, -0.15) is 9.50 Å². The van der Waals surface area contributed by atoms with Crippen LogP contribution in [0.1, 0.15) is 6.42 Å². The summed E-state index contributed by atoms with van der Waals surface area (Å²) in [6.45, 7) is 5.69. The molecule has 208 valence electrons. The summed E-state index contributed by atoms with van der Waals surface area (Å²) >= 11 is 1.08. The monoisotopic (exact) mass is 565 g/mol. The summed E-state index contributed by atoms with van der Waals surface area (Å²) < 4.78 is 29.9. The van der Waals surface area contributed by atoms with Crippen molar-refractivity contribution in [3.05, 3.63) is 52.1 Å². The topological polar surface area (TPSA) is 132 Å². The van der Waals surface area contributed by atoms with E-state index in [0.717, 1.165) is 43.9 Å². The Hall–Kier alpha value is -4.01. The van der Waals surface area contributed by atoms with E-state index in [1.54, 1.807) is 29.0 Å². The summed E-state index contributed by atoms with van der Waals surface area (Å²) in [6, 6.07) is 8.65. The maximum Gasteiger partial charge on any atom is 0.309 e. The first kappa shape index (κ1) is 25.0. The van der Waals surface area contributed by atoms with E-state index in [4.69, 9.17) is 14.9 Å². The van der Waals surface area contributed by atoms with Crippen LogP contribution < -0.4 is 25.6 Å². The molecule has 5 aromatic rings. The Balaban J connectivity index is 1.02. The molecule has 0 bridgehead atoms. The molecule has 3 N–H and O–H groups in total. The van der Waals surface area contributed by atoms with Crippen molar-refractivity contribution in [3.63, 3.8) is 0 Å². The molecule has 0 amide bonds. The Morgan fingerprint density at radius 2 is 2.02 bits per heavy atom. The SMILES string of the molecule is Nc1nc2c(sc(=O)n2CCN2CCN(c3ccc(O[C@H]4CCNC4)cc3F)CC2)c2nc(-c3ccco3)nn12. The highest BCUT2D eigenvalue weighted by molar-refractivity contribution is 7.17. The quantitative estimate of drug-likeness (QED) is 0.302. The van der Waals surface area contributed by atoms with Crippen LogP contribution in [0.5, 0.6) is 5.75 Å². The average Bonchev–Trinajstić information content (AvgIpc) is 3.76. The van der Waals surface area contributed by atoms with Crippen molar-refractivity contribution in [1.82, 2.24) is 34.4 Å². The highest BCUT2D eigenvalue weighted by Crippen LogP contribution is 2.27. The smallest absolute Gasteiger partial charge is 0.309 e. The number of anilines is 2. The Kier molecular flexibility index (Phi) is 6.37. The third-order valence-corrected chi connectivity index (χ3v) is 8.41. The van der Waals surface area contributed by atoms with E-state index in [2.05, 4.69) is 30.2 Å². The van der Waals surface area contributed by atoms with Gasteiger partial charge in [0.05, 0.1) is 12.0 Å². The normalized spacial score (nSPS) is 18.3. The minimum atomic E-state index is -0.271. The number of nitrogens with two attached hydrogens (primary N) is 1. The molecule has 12 nitrogen and oxygen atoms in total. The number of hydrogen-bond donors (Lipinski definition) is 2. The highest BCUT2D eigenvalue weighted by atomic mass is 32.1. The summed E-state index contributed by atoms with van der Waals surface area (Å²) in [5.74, 6) is 1.32. The standard InChI is InChI=1S/C26H28FN9O3S/c27-18-14-16(39-17-5-6-29-15-17)3-4-19(18)34-10-7-33(8-11-34)9-12-35-23-21(40-26(35)37)24-30-22(20-2-1-13-38-20)32-36(24)25(28)31-23/h1-4,13-14,17,29H,5-12,15H2,(H2,28,31)/t17-/m0/s1. The lowest BCUT2D eigenvalue weighted by atomic mass is 10.2. The van der Waals surface area contributed by atoms with E-state index in [9.17, 15) is 9.18 Å². The lowest BCUT2D eigenvalue weighted by Gasteiger charge is -2.36. The van der Waals surface area contributed by atoms with Crippen LogP contribution in [0.25, 0.3) is 27.6 Å². The molecule has 7 rings (SSSR count). The Bertz CT molecular complexity index is 1720. The van der Waals surface area contributed by atoms with E-state index in [1.807, 2.05) is 6.07 Å². The number of ether oxygens (including phenoxy) is 1. The minimum Gasteiger partial charge on any atom is -0.489 e. The van der Waals surface area contributed by atoms with Crippen LogP contribution in [-0.2, 0) is 6.54 Å². The molecule has 0 unspecified atom stereocenters. The molecule has 1 aromatic carbocycles. The number of nitrogens with zero attached hydrogens (tertiary/aromatic N) is 7. The van der Waals surface area contributed by atoms with Crippen LogP contribution in [0.4, 0.5) is 16.0 Å². The van der Waals surface area contributed by atoms with Gasteiger partial charge >= 0.3 is 4.87 Å². The van der Waals surface area contributed by atoms with Crippen LogP contribution >= 0.6 is 11.3 Å². The molecule has 2 aliphatic heterocycles. The summed E-state index contributed by atoms with van der Waals surface area (Å²) in [5, 5.41) is 7.65. The largest absolute Gasteiger partial charge is 0.489 e. The number of hydrogen-bond acceptors (Lipinski definition) is 11. The van der Waals surface area contributed by atoms with E-state index >= 15 is 0 Å². The van der Waals surface area contributed by atoms with Gasteiger partial charge in [-0.25, -0.2) is 9.37 Å². The van der Waals surface area contributed by atoms with Crippen molar-refractivity contribution in [1.29, 1.82) is 0 Å². The average molecular weight is 566 g/mol. The number of piperazine rings is 1. The van der Waals surface area contributed by atoms with Crippen LogP contribution in [0, 0.1) is 5.82 Å². The van der Waals surface area contributed by atoms with Gasteiger partial charge in [-0.05, 0) is 37.2 Å². The zero-order valence-corrected chi connectivity index (χ0v) is 22.4. The predicted octanol–water partition coefficient (Wildman–Crippen LogP) is 2.04. The fourth-order valence-corrected chi connectivity index (χ4v) is 6.26. The number of aromatic nitrogens is 5. The number of furan rings is 1. The predicted molar refractivity (Wildman–Crippen MR) is 149 cm³/mol. The van der Waals surface area contributed by atoms with Gasteiger partial charge in [-0.3, -0.25) is 14.3 Å². The summed E-state index contributed by atoms with van der Waals surface area (Å²) in [4.78, 5) is 26.2. The van der Waals surface area contributed by atoms with E-state index in [1.165, 1.54) is 10.6 Å². The Labute approximate surface area is 231 Å². The van der Waals surface area contributed by atoms with Gasteiger partial charge in [0.1, 0.15) is 22.4 Å². The Morgan fingerprint density at radius 1 is 1.15 bits per heavy atom. The second kappa shape index (κ2) is 10.2. The first-order chi connectivity index (χ1) is 19.5. The van der Waals surface area contributed by atoms with Crippen molar-refractivity contribution in [3.8, 4) is 17.3 Å². The number of nitrogens with one attached hydrogen (secondary N) is 1. The van der Waals surface area contributed by atoms with E-state index in [0.29, 0.717) is 65.2 Å². The van der Waals surface area contributed by atoms with Crippen LogP contribution in [-0.4, -0.2) is 81.0 Å². The molecule has 14 heteroatoms. The van der Waals surface area contributed by atoms with E-state index < -0.39 is 0 Å². The first-order valence-corrected chi connectivity index (χ1v) is 14.1. The summed E-state index contributed by atoms with van der Waals surface area (Å²) in [7, 11) is 0. The maximum atomic E-state index is 14.9. The van der Waals surface area contributed by atoms with Gasteiger partial charge in [0.2, 0.25) is 11.8 Å². The fourth-order valence-electron chi connectivity index (χ4n) is 5.33. The van der Waals surface area contributed by atoms with Gasteiger partial charge in [0, 0.05) is 51.9 Å². The molecule has 2 saturated heterocycles. The third-order valence-electron chi connectivity index (χ3n) is 7.45. The zero-order valence-electron chi connectivity index (χ0n) is 21.6. The number of rotatable bonds is 7. The molecule has 0 spiro atoms. The molecule has 6 heterocycles. The van der Waals surface area contributed by atoms with Crippen LogP contribution in [0.3, 0.4) is 0 Å². The number of benzene rings is 1. The molecule has 1 atom stereocenters. The van der Waals surface area contributed by atoms with Gasteiger partial charge in [0.25, 0.3) is 0 Å². The van der Waals surface area contributed by atoms with Crippen molar-refractivity contribution in [2.24, 2.45) is 0 Å². The van der Waals surface area contributed by atoms with E-state index in [-0.39, 0.29) is 22.7 Å². The first-order valence-electron chi connectivity index (χ1n) is 13.3. The maximum absolute atomic E-state index is 14.9. The second-order valence-corrected chi connectivity index (χ2v) is 10.9. The lowest BCUT2D eigenvalue weighted by molar-refractivity contribution is 0.222. The molecular formula is C26H28FN9O3S.